The van der Waals surface area contributed by atoms with Gasteiger partial charge < -0.3 is 10.1 Å². The maximum atomic E-state index is 13.4. The molecule has 0 saturated heterocycles. The number of ether oxygens (including phenoxy) is 1. The number of hydrogen-bond donors (Lipinski definition) is 2. The Morgan fingerprint density at radius 1 is 1.29 bits per heavy atom. The fraction of sp³-hybridized carbons (Fsp3) is 0.571. The lowest BCUT2D eigenvalue weighted by Crippen LogP contribution is -2.33. The van der Waals surface area contributed by atoms with Gasteiger partial charge in [0.2, 0.25) is 10.0 Å². The van der Waals surface area contributed by atoms with E-state index in [4.69, 9.17) is 4.74 Å². The Kier molecular flexibility index (Phi) is 6.73. The first kappa shape index (κ1) is 18.0. The highest BCUT2D eigenvalue weighted by Gasteiger charge is 2.20. The van der Waals surface area contributed by atoms with E-state index in [9.17, 15) is 12.8 Å². The predicted octanol–water partition coefficient (Wildman–Crippen LogP) is 1.64. The molecule has 1 aromatic carbocycles. The molecule has 0 radical (unpaired) electrons. The first-order chi connectivity index (χ1) is 9.76. The molecule has 120 valence electrons. The molecule has 1 unspecified atom stereocenters. The summed E-state index contributed by atoms with van der Waals surface area (Å²) in [6, 6.07) is 3.98. The van der Waals surface area contributed by atoms with Crippen molar-refractivity contribution in [1.29, 1.82) is 0 Å². The molecule has 0 heterocycles. The van der Waals surface area contributed by atoms with Gasteiger partial charge in [-0.15, -0.1) is 0 Å². The van der Waals surface area contributed by atoms with Gasteiger partial charge in [0.1, 0.15) is 5.82 Å². The Morgan fingerprint density at radius 2 is 1.95 bits per heavy atom. The van der Waals surface area contributed by atoms with E-state index in [0.717, 1.165) is 6.07 Å². The predicted molar refractivity (Wildman–Crippen MR) is 80.0 cm³/mol. The summed E-state index contributed by atoms with van der Waals surface area (Å²) in [4.78, 5) is -0.0426. The molecule has 0 amide bonds. The lowest BCUT2D eigenvalue weighted by atomic mass is 10.2. The van der Waals surface area contributed by atoms with Crippen LogP contribution in [-0.2, 0) is 21.3 Å². The highest BCUT2D eigenvalue weighted by atomic mass is 32.2. The number of nitrogens with one attached hydrogen (secondary N) is 2. The second-order valence-electron chi connectivity index (χ2n) is 5.19. The number of rotatable bonds is 8. The largest absolute Gasteiger partial charge is 0.380 e. The summed E-state index contributed by atoms with van der Waals surface area (Å²) >= 11 is 0. The first-order valence-corrected chi connectivity index (χ1v) is 8.29. The van der Waals surface area contributed by atoms with Crippen molar-refractivity contribution in [2.45, 2.75) is 44.4 Å². The highest BCUT2D eigenvalue weighted by molar-refractivity contribution is 7.89. The molecule has 0 fully saturated rings. The van der Waals surface area contributed by atoms with E-state index in [2.05, 4.69) is 10.0 Å². The SMILES string of the molecule is COC(C)CNS(=O)(=O)c1cc(F)ccc1CNC(C)C. The Hall–Kier alpha value is -1.02. The van der Waals surface area contributed by atoms with Gasteiger partial charge in [0, 0.05) is 26.2 Å². The minimum Gasteiger partial charge on any atom is -0.380 e. The molecule has 0 aliphatic carbocycles. The van der Waals surface area contributed by atoms with Gasteiger partial charge in [-0.05, 0) is 24.6 Å². The molecule has 0 aliphatic heterocycles. The van der Waals surface area contributed by atoms with Crippen LogP contribution in [0.15, 0.2) is 23.1 Å². The van der Waals surface area contributed by atoms with Crippen molar-refractivity contribution < 1.29 is 17.5 Å². The summed E-state index contributed by atoms with van der Waals surface area (Å²) in [7, 11) is -2.28. The fourth-order valence-corrected chi connectivity index (χ4v) is 2.99. The summed E-state index contributed by atoms with van der Waals surface area (Å²) in [6.07, 6.45) is -0.259. The zero-order chi connectivity index (χ0) is 16.0. The average Bonchev–Trinajstić information content (AvgIpc) is 2.43. The molecule has 5 nitrogen and oxygen atoms in total. The van der Waals surface area contributed by atoms with Crippen LogP contribution in [0.25, 0.3) is 0 Å². The van der Waals surface area contributed by atoms with E-state index in [1.807, 2.05) is 13.8 Å². The Labute approximate surface area is 125 Å². The van der Waals surface area contributed by atoms with Crippen molar-refractivity contribution in [3.05, 3.63) is 29.6 Å². The number of methoxy groups -OCH3 is 1. The van der Waals surface area contributed by atoms with Crippen LogP contribution in [0.3, 0.4) is 0 Å². The molecular weight excluding hydrogens is 295 g/mol. The maximum absolute atomic E-state index is 13.4. The van der Waals surface area contributed by atoms with Crippen LogP contribution in [-0.4, -0.2) is 34.2 Å². The highest BCUT2D eigenvalue weighted by Crippen LogP contribution is 2.17. The van der Waals surface area contributed by atoms with Crippen molar-refractivity contribution in [2.24, 2.45) is 0 Å². The van der Waals surface area contributed by atoms with Crippen LogP contribution >= 0.6 is 0 Å². The van der Waals surface area contributed by atoms with Crippen molar-refractivity contribution in [2.75, 3.05) is 13.7 Å². The van der Waals surface area contributed by atoms with E-state index in [0.29, 0.717) is 12.1 Å². The third-order valence-electron chi connectivity index (χ3n) is 2.98. The van der Waals surface area contributed by atoms with Crippen molar-refractivity contribution in [1.82, 2.24) is 10.0 Å². The molecular formula is C14H23FN2O3S. The summed E-state index contributed by atoms with van der Waals surface area (Å²) in [5.74, 6) is -0.580. The molecule has 21 heavy (non-hydrogen) atoms. The second kappa shape index (κ2) is 7.84. The third kappa shape index (κ3) is 5.70. The molecule has 0 aromatic heterocycles. The lowest BCUT2D eigenvalue weighted by molar-refractivity contribution is 0.122. The number of halogens is 1. The van der Waals surface area contributed by atoms with Gasteiger partial charge >= 0.3 is 0 Å². The average molecular weight is 318 g/mol. The number of benzene rings is 1. The van der Waals surface area contributed by atoms with Crippen molar-refractivity contribution in [3.8, 4) is 0 Å². The van der Waals surface area contributed by atoms with Gasteiger partial charge in [-0.2, -0.15) is 0 Å². The van der Waals surface area contributed by atoms with Crippen LogP contribution in [0.5, 0.6) is 0 Å². The number of hydrogen-bond acceptors (Lipinski definition) is 4. The summed E-state index contributed by atoms with van der Waals surface area (Å²) in [5, 5.41) is 3.13. The summed E-state index contributed by atoms with van der Waals surface area (Å²) in [5.41, 5.74) is 0.530. The van der Waals surface area contributed by atoms with Gasteiger partial charge in [0.25, 0.3) is 0 Å². The van der Waals surface area contributed by atoms with E-state index >= 15 is 0 Å². The molecule has 0 aliphatic rings. The van der Waals surface area contributed by atoms with Crippen LogP contribution in [0, 0.1) is 5.82 Å². The van der Waals surface area contributed by atoms with Crippen LogP contribution in [0.1, 0.15) is 26.3 Å². The zero-order valence-electron chi connectivity index (χ0n) is 12.8. The monoisotopic (exact) mass is 318 g/mol. The van der Waals surface area contributed by atoms with E-state index in [-0.39, 0.29) is 23.6 Å². The quantitative estimate of drug-likeness (QED) is 0.764. The first-order valence-electron chi connectivity index (χ1n) is 6.80. The molecule has 0 saturated carbocycles. The van der Waals surface area contributed by atoms with Crippen LogP contribution < -0.4 is 10.0 Å². The summed E-state index contributed by atoms with van der Waals surface area (Å²) in [6.45, 7) is 6.14. The fourth-order valence-electron chi connectivity index (χ4n) is 1.63. The van der Waals surface area contributed by atoms with Crippen LogP contribution in [0.4, 0.5) is 4.39 Å². The molecule has 1 atom stereocenters. The molecule has 1 aromatic rings. The van der Waals surface area contributed by atoms with Crippen molar-refractivity contribution in [3.63, 3.8) is 0 Å². The number of sulfonamides is 1. The molecule has 2 N–H and O–H groups in total. The van der Waals surface area contributed by atoms with Gasteiger partial charge in [-0.1, -0.05) is 19.9 Å². The molecule has 1 rings (SSSR count). The molecule has 0 spiro atoms. The van der Waals surface area contributed by atoms with Gasteiger partial charge in [0.05, 0.1) is 11.0 Å². The van der Waals surface area contributed by atoms with Crippen LogP contribution in [0.2, 0.25) is 0 Å². The Balaban J connectivity index is 3.00. The standard InChI is InChI=1S/C14H23FN2O3S/c1-10(2)16-9-12-5-6-13(15)7-14(12)21(18,19)17-8-11(3)20-4/h5-7,10-11,16-17H,8-9H2,1-4H3. The Bertz CT molecular complexity index is 561. The third-order valence-corrected chi connectivity index (χ3v) is 4.49. The van der Waals surface area contributed by atoms with E-state index in [1.165, 1.54) is 19.2 Å². The normalized spacial score (nSPS) is 13.6. The minimum atomic E-state index is -3.78. The van der Waals surface area contributed by atoms with E-state index in [1.54, 1.807) is 6.92 Å². The van der Waals surface area contributed by atoms with E-state index < -0.39 is 15.8 Å². The Morgan fingerprint density at radius 3 is 2.52 bits per heavy atom. The van der Waals surface area contributed by atoms with Crippen molar-refractivity contribution >= 4 is 10.0 Å². The lowest BCUT2D eigenvalue weighted by Gasteiger charge is -2.15. The minimum absolute atomic E-state index is 0.0426. The smallest absolute Gasteiger partial charge is 0.241 e. The van der Waals surface area contributed by atoms with Gasteiger partial charge in [0.15, 0.2) is 0 Å². The zero-order valence-corrected chi connectivity index (χ0v) is 13.6. The summed E-state index contributed by atoms with van der Waals surface area (Å²) < 4.78 is 45.5. The van der Waals surface area contributed by atoms with Gasteiger partial charge in [-0.25, -0.2) is 17.5 Å². The maximum Gasteiger partial charge on any atom is 0.241 e. The van der Waals surface area contributed by atoms with Gasteiger partial charge in [-0.3, -0.25) is 0 Å². The topological polar surface area (TPSA) is 67.4 Å². The molecule has 7 heteroatoms. The second-order valence-corrected chi connectivity index (χ2v) is 6.92. The molecule has 0 bridgehead atoms.